The molecule has 1 aromatic rings. The van der Waals surface area contributed by atoms with Gasteiger partial charge in [0.2, 0.25) is 5.75 Å². The molecule has 0 aromatic heterocycles. The number of aromatic hydroxyl groups is 1. The second-order valence-electron chi connectivity index (χ2n) is 5.90. The highest BCUT2D eigenvalue weighted by Crippen LogP contribution is 2.44. The summed E-state index contributed by atoms with van der Waals surface area (Å²) in [5, 5.41) is 39.6. The van der Waals surface area contributed by atoms with E-state index in [9.17, 15) is 20.4 Å². The first-order chi connectivity index (χ1) is 12.0. The first-order valence-electron chi connectivity index (χ1n) is 7.84. The van der Waals surface area contributed by atoms with E-state index in [0.717, 1.165) is 0 Å². The smallest absolute Gasteiger partial charge is 0.200 e. The highest BCUT2D eigenvalue weighted by molar-refractivity contribution is 7.99. The summed E-state index contributed by atoms with van der Waals surface area (Å²) >= 11 is 1.43. The monoisotopic (exact) mass is 374 g/mol. The SMILES string of the molecule is COc1cc(C2CSC3OC(CO)C(O)C(O)C3O2)cc(OC)c1O. The predicted octanol–water partition coefficient (Wildman–Crippen LogP) is 0.0215. The lowest BCUT2D eigenvalue weighted by molar-refractivity contribution is -0.232. The van der Waals surface area contributed by atoms with Gasteiger partial charge in [-0.05, 0) is 17.7 Å². The quantitative estimate of drug-likeness (QED) is 0.578. The van der Waals surface area contributed by atoms with Crippen molar-refractivity contribution in [2.45, 2.75) is 36.0 Å². The van der Waals surface area contributed by atoms with Crippen LogP contribution in [0, 0.1) is 0 Å². The average molecular weight is 374 g/mol. The lowest BCUT2D eigenvalue weighted by Gasteiger charge is -2.46. The second-order valence-corrected chi connectivity index (χ2v) is 7.03. The fraction of sp³-hybridized carbons (Fsp3) is 0.625. The first kappa shape index (κ1) is 18.6. The molecule has 2 heterocycles. The standard InChI is InChI=1S/C16H22O8S/c1-21-8-3-7(4-9(22-2)12(8)18)11-6-25-16-15(23-11)14(20)13(19)10(5-17)24-16/h3-4,10-11,13-20H,5-6H2,1-2H3. The Labute approximate surface area is 149 Å². The van der Waals surface area contributed by atoms with Gasteiger partial charge in [0.25, 0.3) is 0 Å². The highest BCUT2D eigenvalue weighted by Gasteiger charge is 2.48. The number of ether oxygens (including phenoxy) is 4. The van der Waals surface area contributed by atoms with Gasteiger partial charge in [0.05, 0.1) is 26.9 Å². The summed E-state index contributed by atoms with van der Waals surface area (Å²) in [6, 6.07) is 3.29. The van der Waals surface area contributed by atoms with Crippen molar-refractivity contribution in [2.75, 3.05) is 26.6 Å². The number of phenolic OH excluding ortho intramolecular Hbond substituents is 1. The zero-order valence-electron chi connectivity index (χ0n) is 13.9. The largest absolute Gasteiger partial charge is 0.502 e. The Hall–Kier alpha value is -1.23. The van der Waals surface area contributed by atoms with E-state index in [1.165, 1.54) is 26.0 Å². The second kappa shape index (κ2) is 7.56. The fourth-order valence-electron chi connectivity index (χ4n) is 3.02. The molecule has 1 aromatic carbocycles. The number of rotatable bonds is 4. The van der Waals surface area contributed by atoms with Gasteiger partial charge in [-0.3, -0.25) is 0 Å². The molecule has 2 saturated heterocycles. The Morgan fingerprint density at radius 3 is 2.32 bits per heavy atom. The number of phenols is 1. The molecule has 0 saturated carbocycles. The van der Waals surface area contributed by atoms with Crippen LogP contribution in [0.15, 0.2) is 12.1 Å². The third-order valence-corrected chi connectivity index (χ3v) is 5.63. The van der Waals surface area contributed by atoms with Gasteiger partial charge in [0.15, 0.2) is 11.5 Å². The molecule has 9 heteroatoms. The summed E-state index contributed by atoms with van der Waals surface area (Å²) in [5.74, 6) is 0.938. The summed E-state index contributed by atoms with van der Waals surface area (Å²) < 4.78 is 21.9. The third-order valence-electron chi connectivity index (χ3n) is 4.43. The normalized spacial score (nSPS) is 35.1. The Bertz CT molecular complexity index is 585. The molecule has 2 fully saturated rings. The van der Waals surface area contributed by atoms with Crippen LogP contribution < -0.4 is 9.47 Å². The van der Waals surface area contributed by atoms with E-state index < -0.39 is 36.0 Å². The highest BCUT2D eigenvalue weighted by atomic mass is 32.2. The number of hydrogen-bond donors (Lipinski definition) is 4. The third kappa shape index (κ3) is 3.40. The lowest BCUT2D eigenvalue weighted by Crippen LogP contribution is -2.60. The number of hydrogen-bond acceptors (Lipinski definition) is 9. The van der Waals surface area contributed by atoms with Crippen LogP contribution in [0.1, 0.15) is 11.7 Å². The summed E-state index contributed by atoms with van der Waals surface area (Å²) in [7, 11) is 2.88. The molecule has 140 valence electrons. The van der Waals surface area contributed by atoms with Crippen LogP contribution in [0.2, 0.25) is 0 Å². The van der Waals surface area contributed by atoms with Crippen molar-refractivity contribution in [3.63, 3.8) is 0 Å². The van der Waals surface area contributed by atoms with Crippen molar-refractivity contribution in [1.29, 1.82) is 0 Å². The van der Waals surface area contributed by atoms with Gasteiger partial charge in [-0.25, -0.2) is 0 Å². The van der Waals surface area contributed by atoms with E-state index >= 15 is 0 Å². The molecule has 4 N–H and O–H groups in total. The minimum Gasteiger partial charge on any atom is -0.502 e. The van der Waals surface area contributed by atoms with E-state index in [4.69, 9.17) is 18.9 Å². The predicted molar refractivity (Wildman–Crippen MR) is 89.0 cm³/mol. The number of benzene rings is 1. The van der Waals surface area contributed by atoms with Crippen LogP contribution in [0.5, 0.6) is 17.2 Å². The van der Waals surface area contributed by atoms with Crippen LogP contribution in [-0.2, 0) is 9.47 Å². The molecular formula is C16H22O8S. The summed E-state index contributed by atoms with van der Waals surface area (Å²) in [5.41, 5.74) is 0.233. The van der Waals surface area contributed by atoms with E-state index in [1.807, 2.05) is 0 Å². The minimum atomic E-state index is -1.23. The van der Waals surface area contributed by atoms with Gasteiger partial charge in [-0.1, -0.05) is 0 Å². The van der Waals surface area contributed by atoms with E-state index in [1.54, 1.807) is 12.1 Å². The Morgan fingerprint density at radius 1 is 1.12 bits per heavy atom. The molecule has 0 aliphatic carbocycles. The van der Waals surface area contributed by atoms with Gasteiger partial charge in [-0.2, -0.15) is 0 Å². The Morgan fingerprint density at radius 2 is 1.76 bits per heavy atom. The topological polar surface area (TPSA) is 118 Å². The maximum atomic E-state index is 10.3. The fourth-order valence-corrected chi connectivity index (χ4v) is 4.29. The van der Waals surface area contributed by atoms with Crippen molar-refractivity contribution in [2.24, 2.45) is 0 Å². The average Bonchev–Trinajstić information content (AvgIpc) is 2.64. The first-order valence-corrected chi connectivity index (χ1v) is 8.89. The molecular weight excluding hydrogens is 352 g/mol. The molecule has 3 rings (SSSR count). The molecule has 25 heavy (non-hydrogen) atoms. The van der Waals surface area contributed by atoms with Crippen molar-refractivity contribution in [3.05, 3.63) is 17.7 Å². The Kier molecular flexibility index (Phi) is 5.62. The molecule has 0 radical (unpaired) electrons. The summed E-state index contributed by atoms with van der Waals surface area (Å²) in [6.07, 6.45) is -4.39. The van der Waals surface area contributed by atoms with E-state index in [0.29, 0.717) is 11.3 Å². The van der Waals surface area contributed by atoms with Crippen molar-refractivity contribution in [3.8, 4) is 17.2 Å². The van der Waals surface area contributed by atoms with E-state index in [2.05, 4.69) is 0 Å². The van der Waals surface area contributed by atoms with Crippen molar-refractivity contribution >= 4 is 11.8 Å². The van der Waals surface area contributed by atoms with Crippen molar-refractivity contribution in [1.82, 2.24) is 0 Å². The van der Waals surface area contributed by atoms with Gasteiger partial charge in [-0.15, -0.1) is 11.8 Å². The van der Waals surface area contributed by atoms with Crippen LogP contribution in [-0.4, -0.2) is 76.9 Å². The zero-order valence-corrected chi connectivity index (χ0v) is 14.7. The number of methoxy groups -OCH3 is 2. The molecule has 2 aliphatic rings. The van der Waals surface area contributed by atoms with Crippen LogP contribution in [0.4, 0.5) is 0 Å². The van der Waals surface area contributed by atoms with Gasteiger partial charge in [0, 0.05) is 5.75 Å². The maximum Gasteiger partial charge on any atom is 0.200 e. The van der Waals surface area contributed by atoms with Crippen LogP contribution >= 0.6 is 11.8 Å². The van der Waals surface area contributed by atoms with E-state index in [-0.39, 0.29) is 23.9 Å². The number of aliphatic hydroxyl groups excluding tert-OH is 3. The molecule has 6 unspecified atom stereocenters. The summed E-state index contributed by atoms with van der Waals surface area (Å²) in [4.78, 5) is 0. The number of aliphatic hydroxyl groups is 3. The van der Waals surface area contributed by atoms with Gasteiger partial charge >= 0.3 is 0 Å². The Balaban J connectivity index is 1.83. The zero-order chi connectivity index (χ0) is 18.1. The molecule has 8 nitrogen and oxygen atoms in total. The maximum absolute atomic E-state index is 10.3. The summed E-state index contributed by atoms with van der Waals surface area (Å²) in [6.45, 7) is -0.377. The van der Waals surface area contributed by atoms with Crippen molar-refractivity contribution < 1.29 is 39.4 Å². The van der Waals surface area contributed by atoms with Gasteiger partial charge < -0.3 is 39.4 Å². The van der Waals surface area contributed by atoms with Crippen LogP contribution in [0.3, 0.4) is 0 Å². The molecule has 6 atom stereocenters. The minimum absolute atomic E-state index is 0.0997. The molecule has 0 amide bonds. The van der Waals surface area contributed by atoms with Gasteiger partial charge in [0.1, 0.15) is 29.9 Å². The number of fused-ring (bicyclic) bond motifs is 1. The lowest BCUT2D eigenvalue weighted by atomic mass is 9.99. The van der Waals surface area contributed by atoms with Crippen LogP contribution in [0.25, 0.3) is 0 Å². The molecule has 0 spiro atoms. The molecule has 0 bridgehead atoms. The number of thioether (sulfide) groups is 1. The molecule has 2 aliphatic heterocycles.